The number of ether oxygens (including phenoxy) is 1. The van der Waals surface area contributed by atoms with E-state index in [-0.39, 0.29) is 17.9 Å². The van der Waals surface area contributed by atoms with Gasteiger partial charge in [0.2, 0.25) is 0 Å². The number of hydrogen-bond acceptors (Lipinski definition) is 4. The van der Waals surface area contributed by atoms with Crippen molar-refractivity contribution < 1.29 is 19.4 Å². The predicted molar refractivity (Wildman–Crippen MR) is 88.0 cm³/mol. The number of nitrogens with one attached hydrogen (secondary N) is 1. The number of carbonyl (C=O) groups is 2. The van der Waals surface area contributed by atoms with E-state index in [0.717, 1.165) is 57.8 Å². The molecule has 1 amide bonds. The van der Waals surface area contributed by atoms with Crippen molar-refractivity contribution in [1.82, 2.24) is 5.32 Å². The SMILES string of the molecule is C[C@H](OC(=O)C12C[C@@H]3C[C@@H](CC(O)(C3)C1)C2)C(=O)NC1CCCC1. The van der Waals surface area contributed by atoms with Crippen molar-refractivity contribution in [3.63, 3.8) is 0 Å². The van der Waals surface area contributed by atoms with Crippen LogP contribution in [-0.4, -0.2) is 34.7 Å². The highest BCUT2D eigenvalue weighted by Gasteiger charge is 2.61. The van der Waals surface area contributed by atoms with Crippen molar-refractivity contribution in [2.24, 2.45) is 17.3 Å². The Morgan fingerprint density at radius 1 is 1.12 bits per heavy atom. The predicted octanol–water partition coefficient (Wildman–Crippen LogP) is 2.31. The van der Waals surface area contributed by atoms with Crippen LogP contribution in [0.4, 0.5) is 0 Å². The third-order valence-corrected chi connectivity index (χ3v) is 6.82. The second-order valence-electron chi connectivity index (χ2n) is 9.00. The Kier molecular flexibility index (Phi) is 3.90. The van der Waals surface area contributed by atoms with E-state index in [2.05, 4.69) is 5.32 Å². The standard InChI is InChI=1S/C19H29NO4/c1-12(16(21)20-15-4-2-3-5-15)24-17(22)18-7-13-6-14(8-18)10-19(23,9-13)11-18/h12-15,23H,2-11H2,1H3,(H,20,21)/t12-,13-,14+,18?,19?/m0/s1. The summed E-state index contributed by atoms with van der Waals surface area (Å²) in [6.07, 6.45) is 8.56. The molecule has 5 aliphatic carbocycles. The van der Waals surface area contributed by atoms with Crippen molar-refractivity contribution in [3.8, 4) is 0 Å². The van der Waals surface area contributed by atoms with Gasteiger partial charge >= 0.3 is 5.97 Å². The molecule has 4 bridgehead atoms. The molecule has 0 spiro atoms. The normalized spacial score (nSPS) is 42.1. The Balaban J connectivity index is 1.39. The summed E-state index contributed by atoms with van der Waals surface area (Å²) in [4.78, 5) is 25.2. The van der Waals surface area contributed by atoms with E-state index in [9.17, 15) is 14.7 Å². The highest BCUT2D eigenvalue weighted by Crippen LogP contribution is 2.62. The summed E-state index contributed by atoms with van der Waals surface area (Å²) >= 11 is 0. The minimum absolute atomic E-state index is 0.182. The first-order valence-electron chi connectivity index (χ1n) is 9.61. The molecule has 5 saturated carbocycles. The summed E-state index contributed by atoms with van der Waals surface area (Å²) in [6, 6.07) is 0.235. The smallest absolute Gasteiger partial charge is 0.312 e. The Bertz CT molecular complexity index is 525. The fraction of sp³-hybridized carbons (Fsp3) is 0.895. The molecule has 5 atom stereocenters. The van der Waals surface area contributed by atoms with Crippen molar-refractivity contribution in [2.45, 2.75) is 88.9 Å². The molecule has 0 heterocycles. The van der Waals surface area contributed by atoms with Crippen LogP contribution in [0.25, 0.3) is 0 Å². The lowest BCUT2D eigenvalue weighted by Gasteiger charge is -2.58. The van der Waals surface area contributed by atoms with Crippen LogP contribution >= 0.6 is 0 Å². The number of amides is 1. The zero-order valence-electron chi connectivity index (χ0n) is 14.6. The van der Waals surface area contributed by atoms with Crippen LogP contribution in [0, 0.1) is 17.3 Å². The zero-order valence-corrected chi connectivity index (χ0v) is 14.6. The fourth-order valence-electron chi connectivity index (χ4n) is 6.18. The van der Waals surface area contributed by atoms with Gasteiger partial charge in [0.05, 0.1) is 11.0 Å². The highest BCUT2D eigenvalue weighted by atomic mass is 16.5. The molecule has 0 aromatic carbocycles. The van der Waals surface area contributed by atoms with Crippen LogP contribution in [0.15, 0.2) is 0 Å². The lowest BCUT2D eigenvalue weighted by Crippen LogP contribution is -2.59. The van der Waals surface area contributed by atoms with Crippen LogP contribution in [0.2, 0.25) is 0 Å². The maximum atomic E-state index is 12.9. The Morgan fingerprint density at radius 2 is 1.75 bits per heavy atom. The van der Waals surface area contributed by atoms with Gasteiger partial charge in [-0.15, -0.1) is 0 Å². The molecule has 2 unspecified atom stereocenters. The average Bonchev–Trinajstić information content (AvgIpc) is 2.97. The Hall–Kier alpha value is -1.10. The van der Waals surface area contributed by atoms with Gasteiger partial charge in [0, 0.05) is 6.04 Å². The second kappa shape index (κ2) is 5.72. The van der Waals surface area contributed by atoms with Gasteiger partial charge in [-0.05, 0) is 70.1 Å². The van der Waals surface area contributed by atoms with Gasteiger partial charge in [-0.2, -0.15) is 0 Å². The van der Waals surface area contributed by atoms with Crippen LogP contribution in [0.5, 0.6) is 0 Å². The summed E-state index contributed by atoms with van der Waals surface area (Å²) in [7, 11) is 0. The molecular weight excluding hydrogens is 306 g/mol. The quantitative estimate of drug-likeness (QED) is 0.773. The molecule has 0 saturated heterocycles. The van der Waals surface area contributed by atoms with E-state index in [1.165, 1.54) is 0 Å². The summed E-state index contributed by atoms with van der Waals surface area (Å²) in [5.41, 5.74) is -1.24. The molecule has 5 rings (SSSR count). The van der Waals surface area contributed by atoms with Crippen LogP contribution in [0.3, 0.4) is 0 Å². The Labute approximate surface area is 143 Å². The number of carbonyl (C=O) groups excluding carboxylic acids is 2. The fourth-order valence-corrected chi connectivity index (χ4v) is 6.18. The van der Waals surface area contributed by atoms with E-state index in [4.69, 9.17) is 4.74 Å². The van der Waals surface area contributed by atoms with Crippen LogP contribution in [-0.2, 0) is 14.3 Å². The van der Waals surface area contributed by atoms with Crippen LogP contribution in [0.1, 0.15) is 71.1 Å². The first kappa shape index (κ1) is 16.4. The van der Waals surface area contributed by atoms with Gasteiger partial charge < -0.3 is 15.2 Å². The first-order chi connectivity index (χ1) is 11.4. The van der Waals surface area contributed by atoms with Gasteiger partial charge in [-0.1, -0.05) is 12.8 Å². The molecule has 24 heavy (non-hydrogen) atoms. The summed E-state index contributed by atoms with van der Waals surface area (Å²) in [5.74, 6) is 0.431. The van der Waals surface area contributed by atoms with Crippen molar-refractivity contribution >= 4 is 11.9 Å². The highest BCUT2D eigenvalue weighted by molar-refractivity contribution is 5.85. The van der Waals surface area contributed by atoms with E-state index in [1.807, 2.05) is 0 Å². The molecule has 5 aliphatic rings. The van der Waals surface area contributed by atoms with Gasteiger partial charge in [0.25, 0.3) is 5.91 Å². The van der Waals surface area contributed by atoms with Gasteiger partial charge in [-0.3, -0.25) is 9.59 Å². The average molecular weight is 335 g/mol. The minimum atomic E-state index is -0.749. The third kappa shape index (κ3) is 2.85. The molecule has 134 valence electrons. The topological polar surface area (TPSA) is 75.6 Å². The molecule has 5 nitrogen and oxygen atoms in total. The van der Waals surface area contributed by atoms with Crippen molar-refractivity contribution in [2.75, 3.05) is 0 Å². The minimum Gasteiger partial charge on any atom is -0.452 e. The molecular formula is C19H29NO4. The monoisotopic (exact) mass is 335 g/mol. The molecule has 2 N–H and O–H groups in total. The lowest BCUT2D eigenvalue weighted by atomic mass is 9.48. The number of hydrogen-bond donors (Lipinski definition) is 2. The summed E-state index contributed by atoms with van der Waals surface area (Å²) < 4.78 is 5.59. The molecule has 0 aliphatic heterocycles. The van der Waals surface area contributed by atoms with Crippen molar-refractivity contribution in [3.05, 3.63) is 0 Å². The third-order valence-electron chi connectivity index (χ3n) is 6.82. The number of aliphatic hydroxyl groups is 1. The number of esters is 1. The maximum absolute atomic E-state index is 12.9. The summed E-state index contributed by atoms with van der Waals surface area (Å²) in [5, 5.41) is 13.8. The first-order valence-corrected chi connectivity index (χ1v) is 9.61. The molecule has 0 aromatic rings. The van der Waals surface area contributed by atoms with Crippen molar-refractivity contribution in [1.29, 1.82) is 0 Å². The van der Waals surface area contributed by atoms with E-state index < -0.39 is 17.1 Å². The molecule has 0 aromatic heterocycles. The zero-order chi connectivity index (χ0) is 16.9. The molecule has 0 radical (unpaired) electrons. The lowest BCUT2D eigenvalue weighted by molar-refractivity contribution is -0.200. The maximum Gasteiger partial charge on any atom is 0.312 e. The second-order valence-corrected chi connectivity index (χ2v) is 9.00. The van der Waals surface area contributed by atoms with E-state index >= 15 is 0 Å². The van der Waals surface area contributed by atoms with Gasteiger partial charge in [-0.25, -0.2) is 0 Å². The number of rotatable bonds is 4. The molecule has 5 fully saturated rings. The molecule has 5 heteroatoms. The summed E-state index contributed by atoms with van der Waals surface area (Å²) in [6.45, 7) is 1.66. The van der Waals surface area contributed by atoms with Gasteiger partial charge in [0.15, 0.2) is 6.10 Å². The Morgan fingerprint density at radius 3 is 2.33 bits per heavy atom. The largest absolute Gasteiger partial charge is 0.452 e. The van der Waals surface area contributed by atoms with Gasteiger partial charge in [0.1, 0.15) is 0 Å². The van der Waals surface area contributed by atoms with Crippen LogP contribution < -0.4 is 5.32 Å². The van der Waals surface area contributed by atoms with E-state index in [1.54, 1.807) is 6.92 Å². The van der Waals surface area contributed by atoms with E-state index in [0.29, 0.717) is 18.3 Å².